The van der Waals surface area contributed by atoms with Crippen LogP contribution in [0.25, 0.3) is 0 Å². The Morgan fingerprint density at radius 3 is 2.47 bits per heavy atom. The summed E-state index contributed by atoms with van der Waals surface area (Å²) in [5, 5.41) is 3.16. The van der Waals surface area contributed by atoms with Crippen LogP contribution in [-0.4, -0.2) is 11.4 Å². The highest BCUT2D eigenvalue weighted by atomic mass is 16.1. The molecule has 0 fully saturated rings. The maximum atomic E-state index is 11.6. The number of nitrogens with two attached hydrogens (primary N) is 2. The normalized spacial score (nSPS) is 14.4. The van der Waals surface area contributed by atoms with Gasteiger partial charge < -0.3 is 16.8 Å². The maximum absolute atomic E-state index is 11.6. The zero-order valence-electron chi connectivity index (χ0n) is 10.9. The number of carbonyl (C=O) groups is 1. The van der Waals surface area contributed by atoms with Crippen LogP contribution in [0.3, 0.4) is 0 Å². The second-order valence-corrected chi connectivity index (χ2v) is 4.94. The van der Waals surface area contributed by atoms with Crippen LogP contribution in [0.4, 0.5) is 11.4 Å². The molecule has 0 aliphatic rings. The van der Waals surface area contributed by atoms with Crippen molar-refractivity contribution in [3.8, 4) is 0 Å². The molecule has 0 aliphatic heterocycles. The molecule has 0 bridgehead atoms. The van der Waals surface area contributed by atoms with Gasteiger partial charge in [0.15, 0.2) is 0 Å². The average molecular weight is 235 g/mol. The Balaban J connectivity index is 3.10. The molecule has 0 saturated carbocycles. The third kappa shape index (κ3) is 2.70. The van der Waals surface area contributed by atoms with E-state index >= 15 is 0 Å². The third-order valence-corrected chi connectivity index (χ3v) is 3.27. The fourth-order valence-corrected chi connectivity index (χ4v) is 1.55. The first kappa shape index (κ1) is 13.4. The number of anilines is 2. The van der Waals surface area contributed by atoms with Gasteiger partial charge in [0.05, 0.1) is 11.4 Å². The van der Waals surface area contributed by atoms with Gasteiger partial charge in [0, 0.05) is 0 Å². The van der Waals surface area contributed by atoms with Crippen molar-refractivity contribution < 1.29 is 4.79 Å². The quantitative estimate of drug-likeness (QED) is 0.697. The monoisotopic (exact) mass is 235 g/mol. The van der Waals surface area contributed by atoms with Gasteiger partial charge in [0.1, 0.15) is 5.54 Å². The first-order chi connectivity index (χ1) is 7.77. The molecule has 0 aromatic heterocycles. The van der Waals surface area contributed by atoms with Crippen LogP contribution in [0, 0.1) is 12.8 Å². The van der Waals surface area contributed by atoms with Crippen molar-refractivity contribution in [2.24, 2.45) is 11.7 Å². The number of hydrogen-bond donors (Lipinski definition) is 3. The van der Waals surface area contributed by atoms with E-state index in [1.165, 1.54) is 0 Å². The van der Waals surface area contributed by atoms with Crippen molar-refractivity contribution in [1.82, 2.24) is 0 Å². The standard InChI is InChI=1S/C13H21N3O/c1-8(2)13(4,12(15)17)16-11-7-9(3)5-6-10(11)14/h5-8,16H,14H2,1-4H3,(H2,15,17). The molecule has 4 nitrogen and oxygen atoms in total. The van der Waals surface area contributed by atoms with Crippen LogP contribution in [0.15, 0.2) is 18.2 Å². The van der Waals surface area contributed by atoms with Crippen LogP contribution in [-0.2, 0) is 4.79 Å². The van der Waals surface area contributed by atoms with Crippen LogP contribution < -0.4 is 16.8 Å². The van der Waals surface area contributed by atoms with Crippen molar-refractivity contribution in [2.45, 2.75) is 33.2 Å². The molecule has 0 radical (unpaired) electrons. The average Bonchev–Trinajstić information content (AvgIpc) is 2.22. The summed E-state index contributed by atoms with van der Waals surface area (Å²) in [5.74, 6) is -0.312. The second-order valence-electron chi connectivity index (χ2n) is 4.94. The van der Waals surface area contributed by atoms with Crippen molar-refractivity contribution in [1.29, 1.82) is 0 Å². The molecule has 1 unspecified atom stereocenters. The van der Waals surface area contributed by atoms with E-state index in [0.717, 1.165) is 11.3 Å². The van der Waals surface area contributed by atoms with E-state index in [9.17, 15) is 4.79 Å². The van der Waals surface area contributed by atoms with E-state index in [-0.39, 0.29) is 11.8 Å². The Morgan fingerprint density at radius 2 is 2.00 bits per heavy atom. The number of nitrogen functional groups attached to an aromatic ring is 1. The molecule has 0 aliphatic carbocycles. The van der Waals surface area contributed by atoms with Gasteiger partial charge in [-0.15, -0.1) is 0 Å². The second kappa shape index (κ2) is 4.65. The molecule has 1 aromatic carbocycles. The number of benzene rings is 1. The molecule has 94 valence electrons. The van der Waals surface area contributed by atoms with Crippen molar-refractivity contribution in [3.05, 3.63) is 23.8 Å². The van der Waals surface area contributed by atoms with Crippen molar-refractivity contribution >= 4 is 17.3 Å². The fraction of sp³-hybridized carbons (Fsp3) is 0.462. The summed E-state index contributed by atoms with van der Waals surface area (Å²) in [5.41, 5.74) is 13.0. The lowest BCUT2D eigenvalue weighted by Crippen LogP contribution is -2.52. The molecule has 0 saturated heterocycles. The molecule has 1 aromatic rings. The van der Waals surface area contributed by atoms with Gasteiger partial charge >= 0.3 is 0 Å². The first-order valence-corrected chi connectivity index (χ1v) is 5.71. The minimum absolute atomic E-state index is 0.0694. The van der Waals surface area contributed by atoms with Crippen LogP contribution >= 0.6 is 0 Å². The van der Waals surface area contributed by atoms with Crippen molar-refractivity contribution in [3.63, 3.8) is 0 Å². The van der Waals surface area contributed by atoms with E-state index in [1.54, 1.807) is 6.92 Å². The van der Waals surface area contributed by atoms with Gasteiger partial charge in [-0.3, -0.25) is 4.79 Å². The van der Waals surface area contributed by atoms with Gasteiger partial charge in [-0.25, -0.2) is 0 Å². The number of primary amides is 1. The number of amides is 1. The van der Waals surface area contributed by atoms with Crippen molar-refractivity contribution in [2.75, 3.05) is 11.1 Å². The lowest BCUT2D eigenvalue weighted by atomic mass is 9.87. The summed E-state index contributed by atoms with van der Waals surface area (Å²) in [6.07, 6.45) is 0. The zero-order chi connectivity index (χ0) is 13.2. The number of hydrogen-bond acceptors (Lipinski definition) is 3. The molecule has 1 amide bonds. The Labute approximate surface area is 102 Å². The lowest BCUT2D eigenvalue weighted by Gasteiger charge is -2.33. The summed E-state index contributed by atoms with van der Waals surface area (Å²) < 4.78 is 0. The molecular formula is C13H21N3O. The molecule has 1 atom stereocenters. The SMILES string of the molecule is Cc1ccc(N)c(NC(C)(C(N)=O)C(C)C)c1. The molecule has 5 N–H and O–H groups in total. The summed E-state index contributed by atoms with van der Waals surface area (Å²) in [7, 11) is 0. The Morgan fingerprint density at radius 1 is 1.41 bits per heavy atom. The maximum Gasteiger partial charge on any atom is 0.243 e. The van der Waals surface area contributed by atoms with E-state index in [0.29, 0.717) is 5.69 Å². The van der Waals surface area contributed by atoms with Crippen LogP contribution in [0.1, 0.15) is 26.3 Å². The number of rotatable bonds is 4. The molecule has 4 heteroatoms. The highest BCUT2D eigenvalue weighted by Gasteiger charge is 2.34. The van der Waals surface area contributed by atoms with Gasteiger partial charge in [0.2, 0.25) is 5.91 Å². The van der Waals surface area contributed by atoms with Gasteiger partial charge in [0.25, 0.3) is 0 Å². The first-order valence-electron chi connectivity index (χ1n) is 5.71. The lowest BCUT2D eigenvalue weighted by molar-refractivity contribution is -0.123. The smallest absolute Gasteiger partial charge is 0.243 e. The van der Waals surface area contributed by atoms with Gasteiger partial charge in [-0.1, -0.05) is 19.9 Å². The molecule has 0 spiro atoms. The minimum Gasteiger partial charge on any atom is -0.397 e. The number of nitrogens with one attached hydrogen (secondary N) is 1. The van der Waals surface area contributed by atoms with Crippen LogP contribution in [0.5, 0.6) is 0 Å². The predicted molar refractivity (Wildman–Crippen MR) is 71.7 cm³/mol. The number of carbonyl (C=O) groups excluding carboxylic acids is 1. The minimum atomic E-state index is -0.804. The Bertz CT molecular complexity index is 429. The molecule has 0 heterocycles. The highest BCUT2D eigenvalue weighted by molar-refractivity contribution is 5.89. The molecular weight excluding hydrogens is 214 g/mol. The fourth-order valence-electron chi connectivity index (χ4n) is 1.55. The topological polar surface area (TPSA) is 81.1 Å². The largest absolute Gasteiger partial charge is 0.397 e. The summed E-state index contributed by atoms with van der Waals surface area (Å²) in [6.45, 7) is 7.66. The summed E-state index contributed by atoms with van der Waals surface area (Å²) in [6, 6.07) is 5.66. The van der Waals surface area contributed by atoms with Gasteiger partial charge in [-0.2, -0.15) is 0 Å². The Hall–Kier alpha value is -1.71. The zero-order valence-corrected chi connectivity index (χ0v) is 10.9. The summed E-state index contributed by atoms with van der Waals surface area (Å²) >= 11 is 0. The summed E-state index contributed by atoms with van der Waals surface area (Å²) in [4.78, 5) is 11.6. The van der Waals surface area contributed by atoms with E-state index < -0.39 is 5.54 Å². The molecule has 17 heavy (non-hydrogen) atoms. The van der Waals surface area contributed by atoms with Crippen LogP contribution in [0.2, 0.25) is 0 Å². The third-order valence-electron chi connectivity index (χ3n) is 3.27. The Kier molecular flexibility index (Phi) is 3.66. The van der Waals surface area contributed by atoms with E-state index in [2.05, 4.69) is 5.32 Å². The number of aryl methyl sites for hydroxylation is 1. The van der Waals surface area contributed by atoms with E-state index in [4.69, 9.17) is 11.5 Å². The van der Waals surface area contributed by atoms with Gasteiger partial charge in [-0.05, 0) is 37.5 Å². The predicted octanol–water partition coefficient (Wildman–Crippen LogP) is 1.89. The highest BCUT2D eigenvalue weighted by Crippen LogP contribution is 2.27. The van der Waals surface area contributed by atoms with E-state index in [1.807, 2.05) is 39.0 Å². The molecule has 1 rings (SSSR count).